The SMILES string of the molecule is O=C1CCCC23[C@H]4CCC[C@@H]4C12[C@H]1CCC[C@@H]13. The quantitative estimate of drug-likeness (QED) is 0.621. The van der Waals surface area contributed by atoms with Crippen molar-refractivity contribution >= 4 is 5.78 Å². The van der Waals surface area contributed by atoms with Crippen molar-refractivity contribution in [3.63, 3.8) is 0 Å². The molecule has 0 aliphatic heterocycles. The lowest BCUT2D eigenvalue weighted by Crippen LogP contribution is -2.82. The largest absolute Gasteiger partial charge is 0.299 e. The fourth-order valence-electron chi connectivity index (χ4n) is 7.90. The van der Waals surface area contributed by atoms with E-state index in [2.05, 4.69) is 0 Å². The van der Waals surface area contributed by atoms with Gasteiger partial charge in [0.15, 0.2) is 0 Å². The first-order valence-corrected chi connectivity index (χ1v) is 7.87. The minimum absolute atomic E-state index is 0.258. The predicted molar refractivity (Wildman–Crippen MR) is 65.4 cm³/mol. The van der Waals surface area contributed by atoms with E-state index in [-0.39, 0.29) is 5.41 Å². The van der Waals surface area contributed by atoms with Crippen LogP contribution in [0.3, 0.4) is 0 Å². The third-order valence-corrected chi connectivity index (χ3v) is 7.75. The predicted octanol–water partition coefficient (Wildman–Crippen LogP) is 3.57. The van der Waals surface area contributed by atoms with Gasteiger partial charge in [0, 0.05) is 11.8 Å². The molecule has 0 unspecified atom stereocenters. The summed E-state index contributed by atoms with van der Waals surface area (Å²) in [7, 11) is 0. The van der Waals surface area contributed by atoms with Gasteiger partial charge in [0.25, 0.3) is 0 Å². The molecule has 0 radical (unpaired) electrons. The highest BCUT2D eigenvalue weighted by Gasteiger charge is 2.87. The maximum Gasteiger partial charge on any atom is 0.140 e. The summed E-state index contributed by atoms with van der Waals surface area (Å²) in [5.41, 5.74) is 0.818. The fraction of sp³-hybridized carbons (Fsp3) is 0.938. The fourth-order valence-corrected chi connectivity index (χ4v) is 7.90. The summed E-state index contributed by atoms with van der Waals surface area (Å²) in [6, 6.07) is 0. The molecule has 92 valence electrons. The van der Waals surface area contributed by atoms with Crippen LogP contribution in [0.1, 0.15) is 57.8 Å². The zero-order chi connectivity index (χ0) is 11.3. The van der Waals surface area contributed by atoms with Crippen LogP contribution < -0.4 is 0 Å². The maximum atomic E-state index is 12.7. The number of hydrogen-bond acceptors (Lipinski definition) is 1. The van der Waals surface area contributed by atoms with Crippen LogP contribution in [0.4, 0.5) is 0 Å². The van der Waals surface area contributed by atoms with Gasteiger partial charge in [0.1, 0.15) is 5.78 Å². The molecule has 5 aliphatic carbocycles. The summed E-state index contributed by atoms with van der Waals surface area (Å²) < 4.78 is 0. The zero-order valence-corrected chi connectivity index (χ0v) is 10.6. The number of Topliss-reactive ketones (excluding diaryl/α,β-unsaturated/α-hetero) is 1. The van der Waals surface area contributed by atoms with Gasteiger partial charge < -0.3 is 0 Å². The summed E-state index contributed by atoms with van der Waals surface area (Å²) in [6.45, 7) is 0. The van der Waals surface area contributed by atoms with Crippen molar-refractivity contribution in [3.8, 4) is 0 Å². The second-order valence-corrected chi connectivity index (χ2v) is 7.47. The molecule has 5 rings (SSSR count). The Hall–Kier alpha value is -0.330. The van der Waals surface area contributed by atoms with Gasteiger partial charge in [0.05, 0.1) is 0 Å². The third-order valence-electron chi connectivity index (χ3n) is 7.75. The van der Waals surface area contributed by atoms with E-state index < -0.39 is 0 Å². The van der Waals surface area contributed by atoms with E-state index in [1.807, 2.05) is 0 Å². The summed E-state index contributed by atoms with van der Waals surface area (Å²) in [5, 5.41) is 0. The Kier molecular flexibility index (Phi) is 1.49. The van der Waals surface area contributed by atoms with E-state index in [4.69, 9.17) is 0 Å². The molecule has 0 saturated heterocycles. The summed E-state index contributed by atoms with van der Waals surface area (Å²) in [6.07, 6.45) is 12.1. The molecule has 0 aromatic carbocycles. The number of ketones is 1. The van der Waals surface area contributed by atoms with E-state index in [0.717, 1.165) is 35.9 Å². The van der Waals surface area contributed by atoms with E-state index in [1.165, 1.54) is 51.4 Å². The molecule has 17 heavy (non-hydrogen) atoms. The van der Waals surface area contributed by atoms with Crippen molar-refractivity contribution in [2.45, 2.75) is 57.8 Å². The Morgan fingerprint density at radius 1 is 0.824 bits per heavy atom. The Morgan fingerprint density at radius 3 is 2.06 bits per heavy atom. The molecule has 0 aromatic rings. The highest BCUT2D eigenvalue weighted by molar-refractivity contribution is 5.91. The van der Waals surface area contributed by atoms with Crippen molar-refractivity contribution in [3.05, 3.63) is 0 Å². The molecular weight excluding hydrogens is 208 g/mol. The molecular formula is C16H22O. The average Bonchev–Trinajstić information content (AvgIpc) is 2.91. The van der Waals surface area contributed by atoms with Crippen LogP contribution in [0.5, 0.6) is 0 Å². The van der Waals surface area contributed by atoms with Crippen LogP contribution in [-0.2, 0) is 4.79 Å². The molecule has 4 atom stereocenters. The van der Waals surface area contributed by atoms with Gasteiger partial charge in [-0.15, -0.1) is 0 Å². The van der Waals surface area contributed by atoms with E-state index in [0.29, 0.717) is 5.41 Å². The Labute approximate surface area is 103 Å². The minimum Gasteiger partial charge on any atom is -0.299 e. The Balaban J connectivity index is 1.70. The number of carbonyl (C=O) groups excluding carboxylic acids is 1. The van der Waals surface area contributed by atoms with Crippen LogP contribution in [-0.4, -0.2) is 5.78 Å². The maximum absolute atomic E-state index is 12.7. The first kappa shape index (κ1) is 9.58. The molecule has 0 amide bonds. The molecule has 5 saturated carbocycles. The highest BCUT2D eigenvalue weighted by Crippen LogP contribution is 2.89. The van der Waals surface area contributed by atoms with Crippen molar-refractivity contribution in [2.75, 3.05) is 0 Å². The van der Waals surface area contributed by atoms with Gasteiger partial charge in [-0.2, -0.15) is 0 Å². The summed E-state index contributed by atoms with van der Waals surface area (Å²) >= 11 is 0. The third kappa shape index (κ3) is 0.679. The summed E-state index contributed by atoms with van der Waals surface area (Å²) in [5.74, 6) is 4.36. The van der Waals surface area contributed by atoms with Crippen LogP contribution in [0, 0.1) is 34.5 Å². The minimum atomic E-state index is 0.258. The molecule has 0 aromatic heterocycles. The van der Waals surface area contributed by atoms with Gasteiger partial charge in [-0.05, 0) is 67.6 Å². The van der Waals surface area contributed by atoms with Crippen molar-refractivity contribution < 1.29 is 4.79 Å². The van der Waals surface area contributed by atoms with E-state index >= 15 is 0 Å². The normalized spacial score (nSPS) is 62.9. The number of rotatable bonds is 0. The average molecular weight is 230 g/mol. The second-order valence-electron chi connectivity index (χ2n) is 7.47. The molecule has 0 spiro atoms. The van der Waals surface area contributed by atoms with Gasteiger partial charge in [-0.1, -0.05) is 12.8 Å². The number of carbonyl (C=O) groups is 1. The first-order chi connectivity index (χ1) is 8.33. The molecule has 1 nitrogen and oxygen atoms in total. The van der Waals surface area contributed by atoms with Gasteiger partial charge in [0.2, 0.25) is 0 Å². The van der Waals surface area contributed by atoms with Gasteiger partial charge in [-0.25, -0.2) is 0 Å². The topological polar surface area (TPSA) is 17.1 Å². The highest BCUT2D eigenvalue weighted by atomic mass is 16.1. The standard InChI is InChI=1S/C16H22O/c17-14-8-3-9-15-10-4-1-6-12(10)16(14,15)13-7-2-5-11(13)15/h10-13H,1-9H2/t10-,11-,12-,13-,15?,16?/m0/s1. The van der Waals surface area contributed by atoms with Crippen molar-refractivity contribution in [1.29, 1.82) is 0 Å². The van der Waals surface area contributed by atoms with Crippen molar-refractivity contribution in [1.82, 2.24) is 0 Å². The summed E-state index contributed by atoms with van der Waals surface area (Å²) in [4.78, 5) is 12.7. The van der Waals surface area contributed by atoms with Gasteiger partial charge >= 0.3 is 0 Å². The van der Waals surface area contributed by atoms with E-state index in [9.17, 15) is 4.79 Å². The lowest BCUT2D eigenvalue weighted by molar-refractivity contribution is -0.339. The van der Waals surface area contributed by atoms with Crippen LogP contribution in [0.15, 0.2) is 0 Å². The van der Waals surface area contributed by atoms with Crippen LogP contribution in [0.2, 0.25) is 0 Å². The smallest absolute Gasteiger partial charge is 0.140 e. The number of fused-ring (bicyclic) bond motifs is 2. The second kappa shape index (κ2) is 2.65. The van der Waals surface area contributed by atoms with Crippen LogP contribution in [0.25, 0.3) is 0 Å². The first-order valence-electron chi connectivity index (χ1n) is 7.87. The number of hydrogen-bond donors (Lipinski definition) is 0. The molecule has 5 aliphatic rings. The van der Waals surface area contributed by atoms with E-state index in [1.54, 1.807) is 0 Å². The molecule has 0 bridgehead atoms. The lowest BCUT2D eigenvalue weighted by Gasteiger charge is -2.82. The Bertz CT molecular complexity index is 388. The van der Waals surface area contributed by atoms with Crippen LogP contribution >= 0.6 is 0 Å². The van der Waals surface area contributed by atoms with Crippen molar-refractivity contribution in [2.24, 2.45) is 34.5 Å². The molecule has 0 heterocycles. The molecule has 0 N–H and O–H groups in total. The Morgan fingerprint density at radius 2 is 1.41 bits per heavy atom. The molecule has 5 fully saturated rings. The van der Waals surface area contributed by atoms with Gasteiger partial charge in [-0.3, -0.25) is 4.79 Å². The lowest BCUT2D eigenvalue weighted by atomic mass is 9.20. The monoisotopic (exact) mass is 230 g/mol. The molecule has 1 heteroatoms. The zero-order valence-electron chi connectivity index (χ0n) is 10.6.